The first-order chi connectivity index (χ1) is 7.81. The molecule has 0 rings (SSSR count). The van der Waals surface area contributed by atoms with Crippen LogP contribution in [0.3, 0.4) is 0 Å². The van der Waals surface area contributed by atoms with Crippen molar-refractivity contribution < 1.29 is 19.1 Å². The van der Waals surface area contributed by atoms with Gasteiger partial charge in [0.05, 0.1) is 13.2 Å². The number of hydrogen-bond acceptors (Lipinski definition) is 4. The van der Waals surface area contributed by atoms with Gasteiger partial charge in [-0.3, -0.25) is 4.79 Å². The topological polar surface area (TPSA) is 88.7 Å². The van der Waals surface area contributed by atoms with Gasteiger partial charge in [-0.15, -0.1) is 0 Å². The highest BCUT2D eigenvalue weighted by Gasteiger charge is 1.97. The minimum absolute atomic E-state index is 0.155. The Morgan fingerprint density at radius 1 is 1.25 bits per heavy atom. The van der Waals surface area contributed by atoms with Crippen LogP contribution in [0.2, 0.25) is 0 Å². The maximum absolute atomic E-state index is 11.1. The van der Waals surface area contributed by atoms with Crippen molar-refractivity contribution in [3.8, 4) is 0 Å². The van der Waals surface area contributed by atoms with Crippen LogP contribution >= 0.6 is 0 Å². The van der Waals surface area contributed by atoms with Crippen molar-refractivity contribution in [3.05, 3.63) is 0 Å². The zero-order valence-corrected chi connectivity index (χ0v) is 9.45. The van der Waals surface area contributed by atoms with Gasteiger partial charge in [-0.25, -0.2) is 4.79 Å². The number of urea groups is 1. The standard InChI is InChI=1S/C9H19N3O4/c1-15-5-6-16-8-12-9(14)11-4-2-3-10-7-13/h7H,2-6,8H2,1H3,(H,10,13)(H2,11,12,14). The lowest BCUT2D eigenvalue weighted by molar-refractivity contribution is -0.109. The average molecular weight is 233 g/mol. The number of nitrogens with one attached hydrogen (secondary N) is 3. The third-order valence-electron chi connectivity index (χ3n) is 1.63. The van der Waals surface area contributed by atoms with Crippen LogP contribution in [0.1, 0.15) is 6.42 Å². The summed E-state index contributed by atoms with van der Waals surface area (Å²) >= 11 is 0. The maximum atomic E-state index is 11.1. The highest BCUT2D eigenvalue weighted by molar-refractivity contribution is 5.73. The summed E-state index contributed by atoms with van der Waals surface area (Å²) in [4.78, 5) is 21.0. The van der Waals surface area contributed by atoms with Crippen molar-refractivity contribution in [2.45, 2.75) is 6.42 Å². The molecule has 0 aromatic heterocycles. The van der Waals surface area contributed by atoms with Gasteiger partial charge >= 0.3 is 6.03 Å². The molecule has 0 aliphatic heterocycles. The second-order valence-electron chi connectivity index (χ2n) is 2.90. The first-order valence-corrected chi connectivity index (χ1v) is 5.06. The zero-order valence-electron chi connectivity index (χ0n) is 9.45. The highest BCUT2D eigenvalue weighted by atomic mass is 16.5. The first kappa shape index (κ1) is 14.7. The molecule has 94 valence electrons. The van der Waals surface area contributed by atoms with E-state index in [-0.39, 0.29) is 12.8 Å². The molecule has 0 heterocycles. The van der Waals surface area contributed by atoms with E-state index in [1.165, 1.54) is 0 Å². The summed E-state index contributed by atoms with van der Waals surface area (Å²) < 4.78 is 9.80. The largest absolute Gasteiger partial charge is 0.382 e. The van der Waals surface area contributed by atoms with E-state index in [1.54, 1.807) is 7.11 Å². The van der Waals surface area contributed by atoms with Crippen LogP contribution in [-0.2, 0) is 14.3 Å². The number of amides is 3. The Labute approximate surface area is 94.9 Å². The Hall–Kier alpha value is -1.34. The molecule has 0 radical (unpaired) electrons. The second-order valence-corrected chi connectivity index (χ2v) is 2.90. The van der Waals surface area contributed by atoms with Crippen LogP contribution in [0.15, 0.2) is 0 Å². The van der Waals surface area contributed by atoms with Crippen molar-refractivity contribution >= 4 is 12.4 Å². The number of carbonyl (C=O) groups is 2. The molecule has 0 spiro atoms. The van der Waals surface area contributed by atoms with Gasteiger partial charge in [0.1, 0.15) is 6.73 Å². The monoisotopic (exact) mass is 233 g/mol. The molecule has 3 N–H and O–H groups in total. The predicted octanol–water partition coefficient (Wildman–Crippen LogP) is -0.958. The molecule has 0 saturated heterocycles. The Morgan fingerprint density at radius 3 is 2.75 bits per heavy atom. The second kappa shape index (κ2) is 11.7. The predicted molar refractivity (Wildman–Crippen MR) is 57.9 cm³/mol. The normalized spacial score (nSPS) is 9.56. The first-order valence-electron chi connectivity index (χ1n) is 5.06. The van der Waals surface area contributed by atoms with Crippen LogP contribution in [-0.4, -0.2) is 52.6 Å². The lowest BCUT2D eigenvalue weighted by Gasteiger charge is -2.07. The SMILES string of the molecule is COCCOCNC(=O)NCCCNC=O. The molecule has 0 aromatic carbocycles. The molecule has 7 heteroatoms. The Morgan fingerprint density at radius 2 is 2.06 bits per heavy atom. The van der Waals surface area contributed by atoms with E-state index >= 15 is 0 Å². The summed E-state index contributed by atoms with van der Waals surface area (Å²) in [7, 11) is 1.58. The molecule has 0 aliphatic carbocycles. The number of hydrogen-bond donors (Lipinski definition) is 3. The number of rotatable bonds is 10. The van der Waals surface area contributed by atoms with Gasteiger partial charge in [-0.1, -0.05) is 0 Å². The Balaban J connectivity index is 3.15. The van der Waals surface area contributed by atoms with Gasteiger partial charge < -0.3 is 25.4 Å². The molecule has 0 aliphatic rings. The van der Waals surface area contributed by atoms with Gasteiger partial charge in [-0.2, -0.15) is 0 Å². The van der Waals surface area contributed by atoms with Gasteiger partial charge in [0, 0.05) is 20.2 Å². The molecular weight excluding hydrogens is 214 g/mol. The van der Waals surface area contributed by atoms with Crippen molar-refractivity contribution in [2.75, 3.05) is 40.1 Å². The zero-order chi connectivity index (χ0) is 12.1. The fourth-order valence-electron chi connectivity index (χ4n) is 0.845. The molecule has 3 amide bonds. The summed E-state index contributed by atoms with van der Waals surface area (Å²) in [5, 5.41) is 7.63. The molecule has 0 aromatic rings. The van der Waals surface area contributed by atoms with E-state index in [1.807, 2.05) is 0 Å². The van der Waals surface area contributed by atoms with Crippen molar-refractivity contribution in [1.82, 2.24) is 16.0 Å². The van der Waals surface area contributed by atoms with E-state index in [2.05, 4.69) is 16.0 Å². The third kappa shape index (κ3) is 10.7. The van der Waals surface area contributed by atoms with Gasteiger partial charge in [0.25, 0.3) is 0 Å². The van der Waals surface area contributed by atoms with Crippen molar-refractivity contribution in [3.63, 3.8) is 0 Å². The van der Waals surface area contributed by atoms with E-state index in [4.69, 9.17) is 9.47 Å². The summed E-state index contributed by atoms with van der Waals surface area (Å²) in [6.45, 7) is 2.15. The summed E-state index contributed by atoms with van der Waals surface area (Å²) in [6, 6.07) is -0.288. The van der Waals surface area contributed by atoms with E-state index in [9.17, 15) is 9.59 Å². The fraction of sp³-hybridized carbons (Fsp3) is 0.778. The summed E-state index contributed by atoms with van der Waals surface area (Å²) in [5.41, 5.74) is 0. The smallest absolute Gasteiger partial charge is 0.316 e. The maximum Gasteiger partial charge on any atom is 0.316 e. The van der Waals surface area contributed by atoms with Crippen LogP contribution < -0.4 is 16.0 Å². The lowest BCUT2D eigenvalue weighted by atomic mass is 10.4. The van der Waals surface area contributed by atoms with Crippen LogP contribution in [0.25, 0.3) is 0 Å². The number of carbonyl (C=O) groups excluding carboxylic acids is 2. The Kier molecular flexibility index (Phi) is 10.8. The van der Waals surface area contributed by atoms with Gasteiger partial charge in [0.15, 0.2) is 0 Å². The van der Waals surface area contributed by atoms with E-state index in [0.717, 1.165) is 0 Å². The molecule has 0 unspecified atom stereocenters. The quantitative estimate of drug-likeness (QED) is 0.258. The number of methoxy groups -OCH3 is 1. The molecule has 0 bridgehead atoms. The summed E-state index contributed by atoms with van der Waals surface area (Å²) in [5.74, 6) is 0. The Bertz CT molecular complexity index is 190. The van der Waals surface area contributed by atoms with Crippen molar-refractivity contribution in [1.29, 1.82) is 0 Å². The average Bonchev–Trinajstić information content (AvgIpc) is 2.28. The molecule has 0 saturated carbocycles. The van der Waals surface area contributed by atoms with Crippen molar-refractivity contribution in [2.24, 2.45) is 0 Å². The van der Waals surface area contributed by atoms with Crippen LogP contribution in [0.4, 0.5) is 4.79 Å². The van der Waals surface area contributed by atoms with Gasteiger partial charge in [-0.05, 0) is 6.42 Å². The fourth-order valence-corrected chi connectivity index (χ4v) is 0.845. The third-order valence-corrected chi connectivity index (χ3v) is 1.63. The summed E-state index contributed by atoms with van der Waals surface area (Å²) in [6.07, 6.45) is 1.32. The molecular formula is C9H19N3O4. The van der Waals surface area contributed by atoms with E-state index < -0.39 is 0 Å². The van der Waals surface area contributed by atoms with Gasteiger partial charge in [0.2, 0.25) is 6.41 Å². The molecule has 7 nitrogen and oxygen atoms in total. The highest BCUT2D eigenvalue weighted by Crippen LogP contribution is 1.75. The number of ether oxygens (including phenoxy) is 2. The van der Waals surface area contributed by atoms with E-state index in [0.29, 0.717) is 39.1 Å². The van der Waals surface area contributed by atoms with Crippen LogP contribution in [0, 0.1) is 0 Å². The molecule has 0 atom stereocenters. The minimum atomic E-state index is -0.288. The molecule has 16 heavy (non-hydrogen) atoms. The molecule has 0 fully saturated rings. The van der Waals surface area contributed by atoms with Crippen LogP contribution in [0.5, 0.6) is 0 Å². The minimum Gasteiger partial charge on any atom is -0.382 e. The lowest BCUT2D eigenvalue weighted by Crippen LogP contribution is -2.38.